The predicted molar refractivity (Wildman–Crippen MR) is 107 cm³/mol. The monoisotopic (exact) mass is 376 g/mol. The van der Waals surface area contributed by atoms with Gasteiger partial charge in [0, 0.05) is 6.42 Å². The average molecular weight is 377 g/mol. The third kappa shape index (κ3) is 3.07. The second-order valence-electron chi connectivity index (χ2n) is 11.2. The topological polar surface area (TPSA) is 57.5 Å². The highest BCUT2D eigenvalue weighted by Gasteiger charge is 2.62. The number of carbonyl (C=O) groups is 1. The van der Waals surface area contributed by atoms with Crippen LogP contribution in [-0.2, 0) is 4.79 Å². The maximum absolute atomic E-state index is 11.4. The fraction of sp³-hybridized carbons (Fsp3) is 0.958. The van der Waals surface area contributed by atoms with Crippen LogP contribution in [0.15, 0.2) is 0 Å². The first kappa shape index (κ1) is 19.7. The van der Waals surface area contributed by atoms with Crippen molar-refractivity contribution in [3.8, 4) is 0 Å². The van der Waals surface area contributed by atoms with Crippen molar-refractivity contribution in [3.05, 3.63) is 0 Å². The Morgan fingerprint density at radius 2 is 1.85 bits per heavy atom. The van der Waals surface area contributed by atoms with Gasteiger partial charge in [0.2, 0.25) is 0 Å². The van der Waals surface area contributed by atoms with Gasteiger partial charge in [0.1, 0.15) is 0 Å². The quantitative estimate of drug-likeness (QED) is 0.680. The number of hydrogen-bond acceptors (Lipinski definition) is 2. The number of carboxylic acid groups (broad SMARTS) is 1. The van der Waals surface area contributed by atoms with Crippen LogP contribution in [0.1, 0.15) is 91.4 Å². The van der Waals surface area contributed by atoms with Crippen molar-refractivity contribution in [2.75, 3.05) is 0 Å². The summed E-state index contributed by atoms with van der Waals surface area (Å²) in [6.07, 6.45) is 12.5. The SMILES string of the molecule is C[C@H](CCC(=O)O)[C@H]1CCC2C3CC[C@@H]4CCCC[C@]4(C)C3[C@@H](O)C[C@@]21C. The van der Waals surface area contributed by atoms with Crippen molar-refractivity contribution >= 4 is 5.97 Å². The molecule has 0 radical (unpaired) electrons. The third-order valence-corrected chi connectivity index (χ3v) is 10.1. The van der Waals surface area contributed by atoms with Crippen molar-refractivity contribution in [3.63, 3.8) is 0 Å². The second-order valence-corrected chi connectivity index (χ2v) is 11.2. The van der Waals surface area contributed by atoms with Crippen LogP contribution in [0.5, 0.6) is 0 Å². The van der Waals surface area contributed by atoms with Crippen molar-refractivity contribution in [1.29, 1.82) is 0 Å². The van der Waals surface area contributed by atoms with Crippen LogP contribution in [0.2, 0.25) is 0 Å². The molecule has 4 fully saturated rings. The molecule has 0 heterocycles. The first-order valence-electron chi connectivity index (χ1n) is 11.7. The first-order valence-corrected chi connectivity index (χ1v) is 11.7. The van der Waals surface area contributed by atoms with Gasteiger partial charge in [0.15, 0.2) is 0 Å². The van der Waals surface area contributed by atoms with Crippen LogP contribution in [0.3, 0.4) is 0 Å². The van der Waals surface area contributed by atoms with E-state index in [1.54, 1.807) is 0 Å². The lowest BCUT2D eigenvalue weighted by molar-refractivity contribution is -0.171. The molecule has 3 nitrogen and oxygen atoms in total. The highest BCUT2D eigenvalue weighted by Crippen LogP contribution is 2.68. The number of aliphatic hydroxyl groups excluding tert-OH is 1. The Balaban J connectivity index is 1.57. The summed E-state index contributed by atoms with van der Waals surface area (Å²) in [6, 6.07) is 0. The molecule has 0 aromatic rings. The molecule has 4 rings (SSSR count). The standard InChI is InChI=1S/C24H40O3/c1-15(7-12-21(26)27)18-10-11-19-17-9-8-16-6-4-5-13-23(16,2)22(17)20(25)14-24(18,19)3/h15-20,22,25H,4-14H2,1-3H3,(H,26,27)/t15-,16+,17?,18-,19?,20+,22?,23+,24-/m1/s1. The molecule has 0 aliphatic heterocycles. The van der Waals surface area contributed by atoms with E-state index in [4.69, 9.17) is 5.11 Å². The first-order chi connectivity index (χ1) is 12.8. The zero-order valence-electron chi connectivity index (χ0n) is 17.6. The van der Waals surface area contributed by atoms with Gasteiger partial charge in [-0.05, 0) is 97.7 Å². The van der Waals surface area contributed by atoms with Gasteiger partial charge < -0.3 is 10.2 Å². The van der Waals surface area contributed by atoms with Gasteiger partial charge in [-0.1, -0.05) is 33.6 Å². The highest BCUT2D eigenvalue weighted by atomic mass is 16.4. The molecule has 4 aliphatic rings. The molecule has 0 bridgehead atoms. The maximum atomic E-state index is 11.4. The molecule has 0 aromatic carbocycles. The largest absolute Gasteiger partial charge is 0.481 e. The van der Waals surface area contributed by atoms with Crippen molar-refractivity contribution < 1.29 is 15.0 Å². The number of hydrogen-bond donors (Lipinski definition) is 2. The summed E-state index contributed by atoms with van der Waals surface area (Å²) < 4.78 is 0. The predicted octanol–water partition coefficient (Wildman–Crippen LogP) is 5.51. The Morgan fingerprint density at radius 3 is 2.59 bits per heavy atom. The van der Waals surface area contributed by atoms with Crippen LogP contribution >= 0.6 is 0 Å². The lowest BCUT2D eigenvalue weighted by atomic mass is 9.43. The third-order valence-electron chi connectivity index (χ3n) is 10.1. The van der Waals surface area contributed by atoms with Crippen molar-refractivity contribution in [2.24, 2.45) is 46.3 Å². The van der Waals surface area contributed by atoms with E-state index in [9.17, 15) is 9.90 Å². The highest BCUT2D eigenvalue weighted by molar-refractivity contribution is 5.66. The van der Waals surface area contributed by atoms with Gasteiger partial charge in [0.25, 0.3) is 0 Å². The van der Waals surface area contributed by atoms with E-state index in [0.717, 1.165) is 24.7 Å². The summed E-state index contributed by atoms with van der Waals surface area (Å²) >= 11 is 0. The fourth-order valence-electron chi connectivity index (χ4n) is 8.95. The average Bonchev–Trinajstić information content (AvgIpc) is 2.95. The molecule has 0 spiro atoms. The van der Waals surface area contributed by atoms with Gasteiger partial charge in [-0.25, -0.2) is 0 Å². The van der Waals surface area contributed by atoms with Crippen LogP contribution in [0, 0.1) is 46.3 Å². The van der Waals surface area contributed by atoms with Crippen molar-refractivity contribution in [2.45, 2.75) is 97.5 Å². The summed E-state index contributed by atoms with van der Waals surface area (Å²) in [5, 5.41) is 20.5. The molecule has 3 heteroatoms. The van der Waals surface area contributed by atoms with Gasteiger partial charge >= 0.3 is 5.97 Å². The second kappa shape index (κ2) is 7.04. The van der Waals surface area contributed by atoms with Crippen LogP contribution in [-0.4, -0.2) is 22.3 Å². The van der Waals surface area contributed by atoms with E-state index >= 15 is 0 Å². The van der Waals surface area contributed by atoms with E-state index in [-0.39, 0.29) is 17.9 Å². The summed E-state index contributed by atoms with van der Waals surface area (Å²) in [4.78, 5) is 11.1. The maximum Gasteiger partial charge on any atom is 0.303 e. The lowest BCUT2D eigenvalue weighted by Crippen LogP contribution is -2.58. The summed E-state index contributed by atoms with van der Waals surface area (Å²) in [6.45, 7) is 7.22. The molecule has 2 N–H and O–H groups in total. The molecule has 0 amide bonds. The number of aliphatic carboxylic acids is 1. The Morgan fingerprint density at radius 1 is 1.07 bits per heavy atom. The summed E-state index contributed by atoms with van der Waals surface area (Å²) in [5.74, 6) is 3.11. The number of carboxylic acids is 1. The van der Waals surface area contributed by atoms with E-state index < -0.39 is 5.97 Å². The van der Waals surface area contributed by atoms with Gasteiger partial charge in [-0.2, -0.15) is 0 Å². The van der Waals surface area contributed by atoms with Gasteiger partial charge in [-0.3, -0.25) is 4.79 Å². The number of fused-ring (bicyclic) bond motifs is 5. The Kier molecular flexibility index (Phi) is 5.15. The van der Waals surface area contributed by atoms with E-state index in [1.165, 1.54) is 51.4 Å². The summed E-state index contributed by atoms with van der Waals surface area (Å²) in [5.41, 5.74) is 0.561. The molecule has 4 aliphatic carbocycles. The van der Waals surface area contributed by atoms with Gasteiger partial charge in [-0.15, -0.1) is 0 Å². The lowest BCUT2D eigenvalue weighted by Gasteiger charge is -2.62. The minimum absolute atomic E-state index is 0.158. The molecule has 0 saturated heterocycles. The zero-order chi connectivity index (χ0) is 19.4. The molecular weight excluding hydrogens is 336 g/mol. The van der Waals surface area contributed by atoms with E-state index in [0.29, 0.717) is 29.1 Å². The van der Waals surface area contributed by atoms with Crippen LogP contribution in [0.4, 0.5) is 0 Å². The Labute approximate surface area is 165 Å². The number of aliphatic hydroxyl groups is 1. The molecular formula is C24H40O3. The van der Waals surface area contributed by atoms with E-state index in [2.05, 4.69) is 20.8 Å². The van der Waals surface area contributed by atoms with Crippen LogP contribution in [0.25, 0.3) is 0 Å². The Hall–Kier alpha value is -0.570. The molecule has 0 aromatic heterocycles. The minimum Gasteiger partial charge on any atom is -0.481 e. The minimum atomic E-state index is -0.672. The summed E-state index contributed by atoms with van der Waals surface area (Å²) in [7, 11) is 0. The van der Waals surface area contributed by atoms with E-state index in [1.807, 2.05) is 0 Å². The van der Waals surface area contributed by atoms with Crippen LogP contribution < -0.4 is 0 Å². The van der Waals surface area contributed by atoms with Gasteiger partial charge in [0.05, 0.1) is 6.10 Å². The van der Waals surface area contributed by atoms with Crippen molar-refractivity contribution in [1.82, 2.24) is 0 Å². The molecule has 4 saturated carbocycles. The normalized spacial score (nSPS) is 50.4. The smallest absolute Gasteiger partial charge is 0.303 e. The molecule has 154 valence electrons. The zero-order valence-corrected chi connectivity index (χ0v) is 17.6. The fourth-order valence-corrected chi connectivity index (χ4v) is 8.95. The molecule has 3 unspecified atom stereocenters. The Bertz CT molecular complexity index is 574. The molecule has 27 heavy (non-hydrogen) atoms. The number of rotatable bonds is 4. The molecule has 9 atom stereocenters.